The number of rotatable bonds is 5. The first-order chi connectivity index (χ1) is 9.76. The van der Waals surface area contributed by atoms with Crippen LogP contribution in [0.3, 0.4) is 0 Å². The first-order valence-corrected chi connectivity index (χ1v) is 7.29. The molecule has 3 heterocycles. The molecule has 1 saturated heterocycles. The molecule has 1 aromatic heterocycles. The molecular weight excluding hydrogens is 276 g/mol. The summed E-state index contributed by atoms with van der Waals surface area (Å²) >= 11 is 1.55. The number of thiazole rings is 1. The molecule has 6 nitrogen and oxygen atoms in total. The van der Waals surface area contributed by atoms with Gasteiger partial charge in [0.05, 0.1) is 18.7 Å². The van der Waals surface area contributed by atoms with Crippen LogP contribution in [0.5, 0.6) is 0 Å². The topological polar surface area (TPSA) is 71.7 Å². The molecule has 2 bridgehead atoms. The van der Waals surface area contributed by atoms with Gasteiger partial charge in [0.1, 0.15) is 5.01 Å². The van der Waals surface area contributed by atoms with E-state index in [0.29, 0.717) is 19.7 Å². The highest BCUT2D eigenvalue weighted by Crippen LogP contribution is 2.34. The average molecular weight is 292 g/mol. The first kappa shape index (κ1) is 13.3. The molecule has 0 spiro atoms. The van der Waals surface area contributed by atoms with E-state index in [1.54, 1.807) is 28.5 Å². The summed E-state index contributed by atoms with van der Waals surface area (Å²) in [4.78, 5) is 23.9. The fourth-order valence-corrected chi connectivity index (χ4v) is 3.32. The van der Waals surface area contributed by atoms with Gasteiger partial charge in [-0.15, -0.1) is 17.9 Å². The number of hydroxylamine groups is 2. The van der Waals surface area contributed by atoms with Crippen molar-refractivity contribution in [3.63, 3.8) is 0 Å². The summed E-state index contributed by atoms with van der Waals surface area (Å²) in [5.74, 6) is 0. The van der Waals surface area contributed by atoms with E-state index in [0.717, 1.165) is 10.6 Å². The zero-order chi connectivity index (χ0) is 14.1. The van der Waals surface area contributed by atoms with Crippen LogP contribution in [0.25, 0.3) is 5.57 Å². The van der Waals surface area contributed by atoms with E-state index in [9.17, 15) is 4.79 Å². The summed E-state index contributed by atoms with van der Waals surface area (Å²) in [6.45, 7) is 4.89. The van der Waals surface area contributed by atoms with Crippen LogP contribution in [-0.2, 0) is 4.84 Å². The molecule has 0 aromatic carbocycles. The Kier molecular flexibility index (Phi) is 3.56. The first-order valence-electron chi connectivity index (χ1n) is 6.41. The van der Waals surface area contributed by atoms with Crippen molar-refractivity contribution in [2.45, 2.75) is 12.1 Å². The van der Waals surface area contributed by atoms with Crippen LogP contribution in [0, 0.1) is 0 Å². The summed E-state index contributed by atoms with van der Waals surface area (Å²) in [7, 11) is 0. The number of carbonyl (C=O) groups excluding carboxylic acids is 1. The molecule has 2 aliphatic rings. The molecule has 2 N–H and O–H groups in total. The monoisotopic (exact) mass is 292 g/mol. The van der Waals surface area contributed by atoms with E-state index in [1.807, 2.05) is 11.5 Å². The molecule has 2 aliphatic heterocycles. The largest absolute Gasteiger partial charge is 0.345 e. The van der Waals surface area contributed by atoms with Crippen molar-refractivity contribution < 1.29 is 9.63 Å². The molecule has 20 heavy (non-hydrogen) atoms. The van der Waals surface area contributed by atoms with Gasteiger partial charge in [0.25, 0.3) is 0 Å². The van der Waals surface area contributed by atoms with Crippen molar-refractivity contribution in [2.75, 3.05) is 19.7 Å². The van der Waals surface area contributed by atoms with Gasteiger partial charge in [-0.05, 0) is 6.08 Å². The zero-order valence-electron chi connectivity index (χ0n) is 10.9. The highest BCUT2D eigenvalue weighted by atomic mass is 32.1. The maximum Gasteiger partial charge on any atom is 0.345 e. The predicted octanol–water partition coefficient (Wildman–Crippen LogP) is 1.09. The number of hydrogen-bond donors (Lipinski definition) is 1. The Labute approximate surface area is 121 Å². The van der Waals surface area contributed by atoms with E-state index >= 15 is 0 Å². The van der Waals surface area contributed by atoms with Crippen LogP contribution in [0.1, 0.15) is 5.01 Å². The fraction of sp³-hybridized carbons (Fsp3) is 0.385. The van der Waals surface area contributed by atoms with Gasteiger partial charge in [-0.25, -0.2) is 9.78 Å². The molecule has 2 atom stereocenters. The van der Waals surface area contributed by atoms with Gasteiger partial charge in [-0.2, -0.15) is 5.06 Å². The van der Waals surface area contributed by atoms with Gasteiger partial charge < -0.3 is 10.6 Å². The number of aromatic nitrogens is 1. The average Bonchev–Trinajstić information content (AvgIpc) is 3.07. The minimum absolute atomic E-state index is 0.0934. The van der Waals surface area contributed by atoms with E-state index in [1.165, 1.54) is 5.06 Å². The number of urea groups is 1. The summed E-state index contributed by atoms with van der Waals surface area (Å²) in [6, 6.07) is -0.374. The fourth-order valence-electron chi connectivity index (χ4n) is 2.61. The van der Waals surface area contributed by atoms with Crippen molar-refractivity contribution in [1.82, 2.24) is 14.9 Å². The SMILES string of the molecule is C=CCON1C(=O)N2C[C@H]1C=C(c1nccs1)[C@H]2CN. The standard InChI is InChI=1S/C13H16N4O2S/c1-2-4-19-17-9-6-10(12-15-3-5-20-12)11(7-14)16(8-9)13(17)18/h2-3,5-6,9,11H,1,4,7-8,14H2/t9-,11-/m1/s1. The van der Waals surface area contributed by atoms with Gasteiger partial charge >= 0.3 is 6.03 Å². The van der Waals surface area contributed by atoms with E-state index in [4.69, 9.17) is 10.6 Å². The lowest BCUT2D eigenvalue weighted by Crippen LogP contribution is -2.44. The Morgan fingerprint density at radius 1 is 1.65 bits per heavy atom. The molecule has 2 amide bonds. The maximum atomic E-state index is 12.4. The lowest BCUT2D eigenvalue weighted by Gasteiger charge is -2.29. The van der Waals surface area contributed by atoms with Gasteiger partial charge in [0.15, 0.2) is 0 Å². The molecule has 106 valence electrons. The summed E-state index contributed by atoms with van der Waals surface area (Å²) in [6.07, 6.45) is 5.42. The van der Waals surface area contributed by atoms with Gasteiger partial charge in [-0.1, -0.05) is 6.08 Å². The minimum Gasteiger partial charge on any atom is -0.328 e. The van der Waals surface area contributed by atoms with Crippen LogP contribution in [0.15, 0.2) is 30.3 Å². The van der Waals surface area contributed by atoms with Crippen LogP contribution >= 0.6 is 11.3 Å². The Morgan fingerprint density at radius 3 is 3.15 bits per heavy atom. The molecule has 0 radical (unpaired) electrons. The van der Waals surface area contributed by atoms with Gasteiger partial charge in [0, 0.05) is 30.2 Å². The van der Waals surface area contributed by atoms with Crippen LogP contribution in [-0.4, -0.2) is 52.8 Å². The number of carbonyl (C=O) groups is 1. The Balaban J connectivity index is 1.93. The summed E-state index contributed by atoms with van der Waals surface area (Å²) in [5, 5.41) is 4.24. The summed E-state index contributed by atoms with van der Waals surface area (Å²) < 4.78 is 0. The van der Waals surface area contributed by atoms with Crippen molar-refractivity contribution >= 4 is 22.9 Å². The molecule has 0 aliphatic carbocycles. The Hall–Kier alpha value is -1.70. The number of hydrogen-bond acceptors (Lipinski definition) is 5. The second-order valence-electron chi connectivity index (χ2n) is 4.62. The van der Waals surface area contributed by atoms with E-state index in [2.05, 4.69) is 11.6 Å². The molecule has 1 fully saturated rings. The number of nitrogens with two attached hydrogens (primary N) is 1. The minimum atomic E-state index is -0.143. The number of nitrogens with zero attached hydrogens (tertiary/aromatic N) is 3. The van der Waals surface area contributed by atoms with Crippen molar-refractivity contribution in [3.05, 3.63) is 35.3 Å². The van der Waals surface area contributed by atoms with Crippen molar-refractivity contribution in [2.24, 2.45) is 5.73 Å². The molecule has 0 saturated carbocycles. The van der Waals surface area contributed by atoms with Crippen LogP contribution in [0.2, 0.25) is 0 Å². The molecule has 1 aromatic rings. The van der Waals surface area contributed by atoms with E-state index in [-0.39, 0.29) is 18.1 Å². The lowest BCUT2D eigenvalue weighted by atomic mass is 10.00. The molecule has 3 rings (SSSR count). The quantitative estimate of drug-likeness (QED) is 0.825. The molecular formula is C13H16N4O2S. The number of fused-ring (bicyclic) bond motifs is 2. The van der Waals surface area contributed by atoms with Gasteiger partial charge in [0.2, 0.25) is 0 Å². The molecule has 0 unspecified atom stereocenters. The highest BCUT2D eigenvalue weighted by Gasteiger charge is 2.46. The third-order valence-electron chi connectivity index (χ3n) is 3.46. The Morgan fingerprint density at radius 2 is 2.50 bits per heavy atom. The van der Waals surface area contributed by atoms with Crippen molar-refractivity contribution in [1.29, 1.82) is 0 Å². The Bertz CT molecular complexity index is 543. The molecule has 7 heteroatoms. The lowest BCUT2D eigenvalue weighted by molar-refractivity contribution is -0.107. The second kappa shape index (κ2) is 5.35. The normalized spacial score (nSPS) is 25.1. The maximum absolute atomic E-state index is 12.4. The third-order valence-corrected chi connectivity index (χ3v) is 4.28. The smallest absolute Gasteiger partial charge is 0.328 e. The highest BCUT2D eigenvalue weighted by molar-refractivity contribution is 7.10. The zero-order valence-corrected chi connectivity index (χ0v) is 11.8. The number of amides is 2. The predicted molar refractivity (Wildman–Crippen MR) is 76.8 cm³/mol. The van der Waals surface area contributed by atoms with Gasteiger partial charge in [-0.3, -0.25) is 4.84 Å². The van der Waals surface area contributed by atoms with E-state index < -0.39 is 0 Å². The summed E-state index contributed by atoms with van der Waals surface area (Å²) in [5.41, 5.74) is 6.87. The van der Waals surface area contributed by atoms with Crippen LogP contribution in [0.4, 0.5) is 4.79 Å². The van der Waals surface area contributed by atoms with Crippen molar-refractivity contribution in [3.8, 4) is 0 Å². The third kappa shape index (κ3) is 2.04. The van der Waals surface area contributed by atoms with Crippen LogP contribution < -0.4 is 5.73 Å². The second-order valence-corrected chi connectivity index (χ2v) is 5.52.